The molecule has 0 bridgehead atoms. The standard InChI is InChI=1S/C25H27N3O4S/c1-25(2,3)32-24(31)27-19-12-17(13-26-14-19)22-8-7-21(33-22)16-5-6-20-18(11-16)15-28(23(20)30)9-4-10-29/h5-8,11-14,29H,4,9-10,15H2,1-3H3,(H,27,31). The molecule has 7 nitrogen and oxygen atoms in total. The Hall–Kier alpha value is -3.23. The van der Waals surface area contributed by atoms with Crippen LogP contribution in [0.4, 0.5) is 10.5 Å². The van der Waals surface area contributed by atoms with Gasteiger partial charge in [-0.3, -0.25) is 15.1 Å². The van der Waals surface area contributed by atoms with Gasteiger partial charge in [-0.2, -0.15) is 0 Å². The average Bonchev–Trinajstić information content (AvgIpc) is 3.36. The largest absolute Gasteiger partial charge is 0.444 e. The number of anilines is 1. The number of benzene rings is 1. The van der Waals surface area contributed by atoms with E-state index in [0.717, 1.165) is 32.0 Å². The highest BCUT2D eigenvalue weighted by atomic mass is 32.1. The summed E-state index contributed by atoms with van der Waals surface area (Å²) in [7, 11) is 0. The molecule has 1 aromatic carbocycles. The van der Waals surface area contributed by atoms with Crippen LogP contribution < -0.4 is 5.32 Å². The molecule has 8 heteroatoms. The van der Waals surface area contributed by atoms with Crippen LogP contribution in [0, 0.1) is 0 Å². The number of aliphatic hydroxyl groups excluding tert-OH is 1. The Morgan fingerprint density at radius 1 is 1.15 bits per heavy atom. The number of ether oxygens (including phenoxy) is 1. The first-order valence-corrected chi connectivity index (χ1v) is 11.6. The topological polar surface area (TPSA) is 91.8 Å². The van der Waals surface area contributed by atoms with E-state index in [4.69, 9.17) is 9.84 Å². The summed E-state index contributed by atoms with van der Waals surface area (Å²) in [6, 6.07) is 11.9. The molecular formula is C25H27N3O4S. The first-order valence-electron chi connectivity index (χ1n) is 10.8. The molecule has 33 heavy (non-hydrogen) atoms. The number of hydrogen-bond acceptors (Lipinski definition) is 6. The van der Waals surface area contributed by atoms with Crippen LogP contribution in [0.1, 0.15) is 43.1 Å². The predicted molar refractivity (Wildman–Crippen MR) is 129 cm³/mol. The third-order valence-electron chi connectivity index (χ3n) is 5.13. The number of aliphatic hydroxyl groups is 1. The second-order valence-corrected chi connectivity index (χ2v) is 10.0. The van der Waals surface area contributed by atoms with Crippen molar-refractivity contribution in [3.8, 4) is 20.9 Å². The first-order chi connectivity index (χ1) is 15.7. The Kier molecular flexibility index (Phi) is 6.49. The second-order valence-electron chi connectivity index (χ2n) is 8.93. The molecule has 2 amide bonds. The first kappa shape index (κ1) is 22.9. The molecule has 0 unspecified atom stereocenters. The average molecular weight is 466 g/mol. The van der Waals surface area contributed by atoms with Gasteiger partial charge in [0.1, 0.15) is 5.60 Å². The van der Waals surface area contributed by atoms with Crippen LogP contribution in [-0.4, -0.2) is 45.7 Å². The number of thiophene rings is 1. The lowest BCUT2D eigenvalue weighted by molar-refractivity contribution is 0.0635. The summed E-state index contributed by atoms with van der Waals surface area (Å²) >= 11 is 1.62. The van der Waals surface area contributed by atoms with Gasteiger partial charge >= 0.3 is 6.09 Å². The number of carbonyl (C=O) groups excluding carboxylic acids is 2. The molecule has 0 fully saturated rings. The maximum absolute atomic E-state index is 12.5. The number of hydrogen-bond donors (Lipinski definition) is 2. The smallest absolute Gasteiger partial charge is 0.412 e. The van der Waals surface area contributed by atoms with E-state index in [1.165, 1.54) is 0 Å². The van der Waals surface area contributed by atoms with Crippen LogP contribution in [0.2, 0.25) is 0 Å². The quantitative estimate of drug-likeness (QED) is 0.525. The van der Waals surface area contributed by atoms with Gasteiger partial charge in [-0.1, -0.05) is 6.07 Å². The monoisotopic (exact) mass is 465 g/mol. The summed E-state index contributed by atoms with van der Waals surface area (Å²) in [5.41, 5.74) is 3.68. The van der Waals surface area contributed by atoms with Gasteiger partial charge in [-0.25, -0.2) is 4.79 Å². The van der Waals surface area contributed by atoms with Gasteiger partial charge in [0.2, 0.25) is 0 Å². The van der Waals surface area contributed by atoms with Gasteiger partial charge in [-0.15, -0.1) is 11.3 Å². The molecular weight excluding hydrogens is 438 g/mol. The van der Waals surface area contributed by atoms with E-state index in [1.807, 2.05) is 45.0 Å². The molecule has 4 rings (SSSR count). The fourth-order valence-electron chi connectivity index (χ4n) is 3.69. The Labute approximate surface area is 197 Å². The van der Waals surface area contributed by atoms with Crippen molar-refractivity contribution in [2.45, 2.75) is 39.3 Å². The summed E-state index contributed by atoms with van der Waals surface area (Å²) in [6.07, 6.45) is 3.41. The molecule has 2 N–H and O–H groups in total. The number of pyridine rings is 1. The van der Waals surface area contributed by atoms with E-state index in [9.17, 15) is 9.59 Å². The maximum Gasteiger partial charge on any atom is 0.412 e. The zero-order valence-corrected chi connectivity index (χ0v) is 19.7. The third kappa shape index (κ3) is 5.40. The summed E-state index contributed by atoms with van der Waals surface area (Å²) in [5, 5.41) is 11.8. The molecule has 0 saturated carbocycles. The molecule has 1 aliphatic heterocycles. The number of fused-ring (bicyclic) bond motifs is 1. The minimum atomic E-state index is -0.575. The lowest BCUT2D eigenvalue weighted by Gasteiger charge is -2.19. The van der Waals surface area contributed by atoms with Gasteiger partial charge in [0.05, 0.1) is 11.9 Å². The highest BCUT2D eigenvalue weighted by Gasteiger charge is 2.27. The van der Waals surface area contributed by atoms with Crippen molar-refractivity contribution in [3.63, 3.8) is 0 Å². The van der Waals surface area contributed by atoms with Crippen LogP contribution in [0.25, 0.3) is 20.9 Å². The van der Waals surface area contributed by atoms with Gasteiger partial charge in [0, 0.05) is 46.8 Å². The second kappa shape index (κ2) is 9.33. The van der Waals surface area contributed by atoms with Crippen molar-refractivity contribution in [3.05, 3.63) is 59.9 Å². The summed E-state index contributed by atoms with van der Waals surface area (Å²) in [4.78, 5) is 32.7. The molecule has 0 spiro atoms. The Balaban J connectivity index is 1.50. The van der Waals surface area contributed by atoms with Gasteiger partial charge in [0.25, 0.3) is 5.91 Å². The molecule has 0 aliphatic carbocycles. The number of aromatic nitrogens is 1. The molecule has 0 saturated heterocycles. The zero-order chi connectivity index (χ0) is 23.6. The minimum absolute atomic E-state index is 0.0252. The Morgan fingerprint density at radius 3 is 2.64 bits per heavy atom. The van der Waals surface area contributed by atoms with Gasteiger partial charge in [0.15, 0.2) is 0 Å². The Morgan fingerprint density at radius 2 is 1.91 bits per heavy atom. The third-order valence-corrected chi connectivity index (χ3v) is 6.31. The summed E-state index contributed by atoms with van der Waals surface area (Å²) in [6.45, 7) is 6.65. The van der Waals surface area contributed by atoms with Crippen molar-refractivity contribution in [1.29, 1.82) is 0 Å². The van der Waals surface area contributed by atoms with Crippen LogP contribution in [-0.2, 0) is 11.3 Å². The SMILES string of the molecule is CC(C)(C)OC(=O)Nc1cncc(-c2ccc(-c3ccc4c(c3)CN(CCCO)C4=O)s2)c1. The van der Waals surface area contributed by atoms with E-state index in [2.05, 4.69) is 22.4 Å². The van der Waals surface area contributed by atoms with Crippen LogP contribution in [0.5, 0.6) is 0 Å². The maximum atomic E-state index is 12.5. The number of nitrogens with one attached hydrogen (secondary N) is 1. The van der Waals surface area contributed by atoms with E-state index in [0.29, 0.717) is 25.2 Å². The molecule has 3 heterocycles. The van der Waals surface area contributed by atoms with Crippen molar-refractivity contribution in [2.24, 2.45) is 0 Å². The van der Waals surface area contributed by atoms with E-state index in [1.54, 1.807) is 28.6 Å². The number of amides is 2. The summed E-state index contributed by atoms with van der Waals surface area (Å²) < 4.78 is 5.31. The van der Waals surface area contributed by atoms with Gasteiger partial charge < -0.3 is 14.7 Å². The molecule has 3 aromatic rings. The van der Waals surface area contributed by atoms with Gasteiger partial charge in [-0.05, 0) is 68.7 Å². The van der Waals surface area contributed by atoms with E-state index >= 15 is 0 Å². The van der Waals surface area contributed by atoms with Crippen LogP contribution in [0.15, 0.2) is 48.8 Å². The molecule has 2 aromatic heterocycles. The fourth-order valence-corrected chi connectivity index (χ4v) is 4.67. The zero-order valence-electron chi connectivity index (χ0n) is 18.9. The normalized spacial score (nSPS) is 13.2. The molecule has 0 atom stereocenters. The Bertz CT molecular complexity index is 1180. The van der Waals surface area contributed by atoms with Crippen LogP contribution in [0.3, 0.4) is 0 Å². The number of carbonyl (C=O) groups is 2. The number of rotatable bonds is 6. The molecule has 172 valence electrons. The predicted octanol–water partition coefficient (Wildman–Crippen LogP) is 5.16. The van der Waals surface area contributed by atoms with Crippen molar-refractivity contribution >= 4 is 29.0 Å². The highest BCUT2D eigenvalue weighted by Crippen LogP contribution is 2.37. The summed E-state index contributed by atoms with van der Waals surface area (Å²) in [5.74, 6) is 0.0252. The van der Waals surface area contributed by atoms with Crippen LogP contribution >= 0.6 is 11.3 Å². The fraction of sp³-hybridized carbons (Fsp3) is 0.320. The minimum Gasteiger partial charge on any atom is -0.444 e. The highest BCUT2D eigenvalue weighted by molar-refractivity contribution is 7.18. The molecule has 1 aliphatic rings. The van der Waals surface area contributed by atoms with E-state index < -0.39 is 11.7 Å². The van der Waals surface area contributed by atoms with Crippen molar-refractivity contribution < 1.29 is 19.4 Å². The lowest BCUT2D eigenvalue weighted by atomic mass is 10.1. The van der Waals surface area contributed by atoms with Crippen molar-refractivity contribution in [2.75, 3.05) is 18.5 Å². The van der Waals surface area contributed by atoms with E-state index in [-0.39, 0.29) is 12.5 Å². The lowest BCUT2D eigenvalue weighted by Crippen LogP contribution is -2.27. The molecule has 0 radical (unpaired) electrons. The number of nitrogens with zero attached hydrogens (tertiary/aromatic N) is 2. The van der Waals surface area contributed by atoms with Crippen molar-refractivity contribution in [1.82, 2.24) is 9.88 Å².